The van der Waals surface area contributed by atoms with E-state index >= 15 is 0 Å². The number of methoxy groups -OCH3 is 1. The summed E-state index contributed by atoms with van der Waals surface area (Å²) in [6, 6.07) is 19.9. The van der Waals surface area contributed by atoms with Crippen molar-refractivity contribution in [2.24, 2.45) is 0 Å². The second-order valence-electron chi connectivity index (χ2n) is 7.43. The fourth-order valence-electron chi connectivity index (χ4n) is 3.19. The van der Waals surface area contributed by atoms with Gasteiger partial charge < -0.3 is 14.8 Å². The van der Waals surface area contributed by atoms with E-state index in [1.165, 1.54) is 5.56 Å². The molecule has 3 rings (SSSR count). The summed E-state index contributed by atoms with van der Waals surface area (Å²) in [6.45, 7) is 3.12. The molecule has 3 aromatic carbocycles. The fraction of sp³-hybridized carbons (Fsp3) is 0.280. The number of ether oxygens (including phenoxy) is 2. The molecule has 0 radical (unpaired) electrons. The van der Waals surface area contributed by atoms with E-state index in [0.29, 0.717) is 39.2 Å². The van der Waals surface area contributed by atoms with E-state index in [-0.39, 0.29) is 6.61 Å². The Balaban J connectivity index is 1.59. The first-order chi connectivity index (χ1) is 15.0. The Morgan fingerprint density at radius 1 is 0.871 bits per heavy atom. The van der Waals surface area contributed by atoms with Crippen molar-refractivity contribution in [2.75, 3.05) is 7.11 Å². The number of hydrogen-bond acceptors (Lipinski definition) is 3. The topological polar surface area (TPSA) is 30.5 Å². The van der Waals surface area contributed by atoms with Crippen LogP contribution in [0.15, 0.2) is 60.7 Å². The third kappa shape index (κ3) is 7.05. The quantitative estimate of drug-likeness (QED) is 0.330. The summed E-state index contributed by atoms with van der Waals surface area (Å²) >= 11 is 18.7. The smallest absolute Gasteiger partial charge is 0.163 e. The number of benzene rings is 3. The van der Waals surface area contributed by atoms with Crippen LogP contribution >= 0.6 is 34.8 Å². The molecule has 0 bridgehead atoms. The molecule has 0 aliphatic heterocycles. The lowest BCUT2D eigenvalue weighted by atomic mass is 10.1. The van der Waals surface area contributed by atoms with Crippen LogP contribution in [-0.4, -0.2) is 13.2 Å². The molecule has 3 aromatic rings. The van der Waals surface area contributed by atoms with Crippen LogP contribution in [0.1, 0.15) is 30.0 Å². The Hall–Kier alpha value is -1.91. The molecule has 0 saturated heterocycles. The minimum absolute atomic E-state index is 0.288. The zero-order chi connectivity index (χ0) is 22.2. The third-order valence-electron chi connectivity index (χ3n) is 5.08. The molecule has 0 aliphatic rings. The van der Waals surface area contributed by atoms with Crippen molar-refractivity contribution in [3.63, 3.8) is 0 Å². The predicted molar refractivity (Wildman–Crippen MR) is 130 cm³/mol. The Morgan fingerprint density at radius 2 is 1.61 bits per heavy atom. The summed E-state index contributed by atoms with van der Waals surface area (Å²) in [5.41, 5.74) is 3.14. The van der Waals surface area contributed by atoms with Gasteiger partial charge in [-0.05, 0) is 49.1 Å². The first-order valence-electron chi connectivity index (χ1n) is 10.2. The maximum atomic E-state index is 6.53. The molecule has 0 aromatic heterocycles. The number of nitrogens with one attached hydrogen (secondary N) is 1. The van der Waals surface area contributed by atoms with Crippen LogP contribution in [0.25, 0.3) is 0 Å². The van der Waals surface area contributed by atoms with Crippen molar-refractivity contribution in [2.45, 2.75) is 39.0 Å². The summed E-state index contributed by atoms with van der Waals surface area (Å²) in [6.07, 6.45) is 2.08. The lowest BCUT2D eigenvalue weighted by Gasteiger charge is -2.17. The van der Waals surface area contributed by atoms with Gasteiger partial charge in [0.1, 0.15) is 6.61 Å². The Morgan fingerprint density at radius 3 is 2.32 bits per heavy atom. The normalized spacial score (nSPS) is 11.9. The van der Waals surface area contributed by atoms with E-state index in [4.69, 9.17) is 44.3 Å². The van der Waals surface area contributed by atoms with Gasteiger partial charge in [0.2, 0.25) is 0 Å². The van der Waals surface area contributed by atoms with Crippen molar-refractivity contribution in [1.29, 1.82) is 0 Å². The largest absolute Gasteiger partial charge is 0.493 e. The molecule has 3 nitrogen and oxygen atoms in total. The molecule has 0 saturated carbocycles. The van der Waals surface area contributed by atoms with Crippen LogP contribution in [-0.2, 0) is 19.6 Å². The van der Waals surface area contributed by atoms with E-state index in [9.17, 15) is 0 Å². The van der Waals surface area contributed by atoms with Gasteiger partial charge in [-0.25, -0.2) is 0 Å². The zero-order valence-corrected chi connectivity index (χ0v) is 19.9. The SMILES string of the molecule is COc1cc(CNC(C)CCc2ccccc2)c(Cl)cc1OCc1ccc(Cl)cc1Cl. The van der Waals surface area contributed by atoms with Gasteiger partial charge in [0.15, 0.2) is 11.5 Å². The molecule has 0 spiro atoms. The first-order valence-corrected chi connectivity index (χ1v) is 11.3. The van der Waals surface area contributed by atoms with Crippen LogP contribution < -0.4 is 14.8 Å². The molecule has 1 unspecified atom stereocenters. The van der Waals surface area contributed by atoms with Gasteiger partial charge in [-0.3, -0.25) is 0 Å². The average Bonchev–Trinajstić information content (AvgIpc) is 2.77. The zero-order valence-electron chi connectivity index (χ0n) is 17.6. The van der Waals surface area contributed by atoms with Crippen molar-refractivity contribution in [3.05, 3.63) is 92.4 Å². The lowest BCUT2D eigenvalue weighted by Crippen LogP contribution is -2.26. The summed E-state index contributed by atoms with van der Waals surface area (Å²) in [5, 5.41) is 5.31. The fourth-order valence-corrected chi connectivity index (χ4v) is 3.88. The number of aryl methyl sites for hydroxylation is 1. The Bertz CT molecular complexity index is 996. The first kappa shape index (κ1) is 23.7. The number of hydrogen-bond donors (Lipinski definition) is 1. The molecular weight excluding hydrogens is 453 g/mol. The predicted octanol–water partition coefficient (Wildman–Crippen LogP) is 7.35. The van der Waals surface area contributed by atoms with Gasteiger partial charge in [-0.1, -0.05) is 71.2 Å². The van der Waals surface area contributed by atoms with Crippen LogP contribution in [0.5, 0.6) is 11.5 Å². The number of halogens is 3. The summed E-state index contributed by atoms with van der Waals surface area (Å²) in [4.78, 5) is 0. The van der Waals surface area contributed by atoms with E-state index < -0.39 is 0 Å². The highest BCUT2D eigenvalue weighted by atomic mass is 35.5. The molecule has 0 amide bonds. The molecule has 0 fully saturated rings. The number of rotatable bonds is 10. The Labute approximate surface area is 199 Å². The van der Waals surface area contributed by atoms with Crippen LogP contribution in [0.3, 0.4) is 0 Å². The van der Waals surface area contributed by atoms with Gasteiger partial charge in [-0.2, -0.15) is 0 Å². The molecule has 0 aliphatic carbocycles. The van der Waals surface area contributed by atoms with Crippen molar-refractivity contribution < 1.29 is 9.47 Å². The van der Waals surface area contributed by atoms with E-state index in [1.807, 2.05) is 18.2 Å². The highest BCUT2D eigenvalue weighted by molar-refractivity contribution is 6.35. The van der Waals surface area contributed by atoms with Crippen LogP contribution in [0.4, 0.5) is 0 Å². The summed E-state index contributed by atoms with van der Waals surface area (Å²) < 4.78 is 11.5. The van der Waals surface area contributed by atoms with Gasteiger partial charge in [0.25, 0.3) is 0 Å². The van der Waals surface area contributed by atoms with Gasteiger partial charge >= 0.3 is 0 Å². The lowest BCUT2D eigenvalue weighted by molar-refractivity contribution is 0.284. The molecule has 1 atom stereocenters. The maximum absolute atomic E-state index is 6.53. The van der Waals surface area contributed by atoms with Crippen molar-refractivity contribution in [3.8, 4) is 11.5 Å². The van der Waals surface area contributed by atoms with Crippen molar-refractivity contribution in [1.82, 2.24) is 5.32 Å². The molecule has 31 heavy (non-hydrogen) atoms. The van der Waals surface area contributed by atoms with Gasteiger partial charge in [-0.15, -0.1) is 0 Å². The molecular formula is C25H26Cl3NO2. The minimum atomic E-state index is 0.288. The van der Waals surface area contributed by atoms with Gasteiger partial charge in [0.05, 0.1) is 7.11 Å². The molecule has 6 heteroatoms. The second kappa shape index (κ2) is 11.6. The summed E-state index contributed by atoms with van der Waals surface area (Å²) in [7, 11) is 1.62. The van der Waals surface area contributed by atoms with Crippen LogP contribution in [0.2, 0.25) is 15.1 Å². The third-order valence-corrected chi connectivity index (χ3v) is 6.02. The van der Waals surface area contributed by atoms with E-state index in [0.717, 1.165) is 24.0 Å². The van der Waals surface area contributed by atoms with Crippen LogP contribution in [0, 0.1) is 0 Å². The Kier molecular flexibility index (Phi) is 8.91. The monoisotopic (exact) mass is 477 g/mol. The highest BCUT2D eigenvalue weighted by Crippen LogP contribution is 2.34. The van der Waals surface area contributed by atoms with Crippen molar-refractivity contribution >= 4 is 34.8 Å². The van der Waals surface area contributed by atoms with E-state index in [2.05, 4.69) is 36.5 Å². The maximum Gasteiger partial charge on any atom is 0.163 e. The minimum Gasteiger partial charge on any atom is -0.493 e. The molecule has 0 heterocycles. The molecule has 1 N–H and O–H groups in total. The van der Waals surface area contributed by atoms with Gasteiger partial charge in [0, 0.05) is 39.3 Å². The summed E-state index contributed by atoms with van der Waals surface area (Å²) in [5.74, 6) is 1.20. The second-order valence-corrected chi connectivity index (χ2v) is 8.68. The standard InChI is InChI=1S/C25H26Cl3NO2/c1-17(8-9-18-6-4-3-5-7-18)29-15-20-12-24(30-2)25(14-23(20)28)31-16-19-10-11-21(26)13-22(19)27/h3-7,10-14,17,29H,8-9,15-16H2,1-2H3. The molecule has 164 valence electrons. The van der Waals surface area contributed by atoms with E-state index in [1.54, 1.807) is 25.3 Å². The average molecular weight is 479 g/mol. The highest BCUT2D eigenvalue weighted by Gasteiger charge is 2.13.